The first-order valence-corrected chi connectivity index (χ1v) is 10.4. The lowest BCUT2D eigenvalue weighted by Crippen LogP contribution is -2.36. The molecule has 2 amide bonds. The largest absolute Gasteiger partial charge is 0.467 e. The van der Waals surface area contributed by atoms with Crippen molar-refractivity contribution in [1.29, 1.82) is 0 Å². The van der Waals surface area contributed by atoms with E-state index in [1.807, 2.05) is 13.8 Å². The second-order valence-corrected chi connectivity index (χ2v) is 7.81. The minimum Gasteiger partial charge on any atom is -0.467 e. The number of hydrogen-bond donors (Lipinski definition) is 2. The molecular formula is C21H23FN4O3S. The van der Waals surface area contributed by atoms with E-state index in [0.717, 1.165) is 0 Å². The molecule has 2 heterocycles. The minimum atomic E-state index is -0.328. The summed E-state index contributed by atoms with van der Waals surface area (Å²) in [5, 5.41) is 8.04. The number of carbonyl (C=O) groups is 2. The standard InChI is InChI=1S/C21H23FN4O3S/c1-14(2)23-19(27)9-10-26(12-17-4-3-11-29-17)20(28)18-13-30-21(25-18)24-16-7-5-15(22)6-8-16/h3-8,11,13-14H,9-10,12H2,1-2H3,(H,23,27)(H,24,25). The summed E-state index contributed by atoms with van der Waals surface area (Å²) in [6.45, 7) is 4.23. The third kappa shape index (κ3) is 6.15. The summed E-state index contributed by atoms with van der Waals surface area (Å²) in [5.74, 6) is -0.135. The molecule has 0 aliphatic rings. The van der Waals surface area contributed by atoms with Gasteiger partial charge >= 0.3 is 0 Å². The maximum Gasteiger partial charge on any atom is 0.273 e. The molecule has 0 unspecified atom stereocenters. The maximum atomic E-state index is 13.1. The molecule has 0 bridgehead atoms. The normalized spacial score (nSPS) is 10.8. The Morgan fingerprint density at radius 2 is 2.00 bits per heavy atom. The van der Waals surface area contributed by atoms with Crippen LogP contribution in [0.5, 0.6) is 0 Å². The van der Waals surface area contributed by atoms with Crippen LogP contribution in [-0.2, 0) is 11.3 Å². The monoisotopic (exact) mass is 430 g/mol. The number of thiazole rings is 1. The van der Waals surface area contributed by atoms with E-state index in [4.69, 9.17) is 4.42 Å². The van der Waals surface area contributed by atoms with Gasteiger partial charge in [0, 0.05) is 30.1 Å². The zero-order chi connectivity index (χ0) is 21.5. The number of hydrogen-bond acceptors (Lipinski definition) is 6. The quantitative estimate of drug-likeness (QED) is 0.532. The number of benzene rings is 1. The van der Waals surface area contributed by atoms with Gasteiger partial charge in [0.25, 0.3) is 5.91 Å². The molecule has 0 spiro atoms. The van der Waals surface area contributed by atoms with Crippen LogP contribution in [0, 0.1) is 5.82 Å². The van der Waals surface area contributed by atoms with Crippen LogP contribution in [0.15, 0.2) is 52.5 Å². The van der Waals surface area contributed by atoms with Gasteiger partial charge in [0.05, 0.1) is 12.8 Å². The summed E-state index contributed by atoms with van der Waals surface area (Å²) in [4.78, 5) is 30.9. The predicted molar refractivity (Wildman–Crippen MR) is 113 cm³/mol. The number of furan rings is 1. The molecule has 0 saturated carbocycles. The second kappa shape index (κ2) is 10.0. The second-order valence-electron chi connectivity index (χ2n) is 6.95. The third-order valence-electron chi connectivity index (χ3n) is 4.09. The van der Waals surface area contributed by atoms with Crippen LogP contribution in [0.2, 0.25) is 0 Å². The Kier molecular flexibility index (Phi) is 7.18. The number of nitrogens with one attached hydrogen (secondary N) is 2. The van der Waals surface area contributed by atoms with Crippen molar-refractivity contribution in [2.24, 2.45) is 0 Å². The van der Waals surface area contributed by atoms with Crippen molar-refractivity contribution in [3.63, 3.8) is 0 Å². The van der Waals surface area contributed by atoms with Crippen molar-refractivity contribution >= 4 is 34.0 Å². The average molecular weight is 431 g/mol. The Morgan fingerprint density at radius 1 is 1.23 bits per heavy atom. The lowest BCUT2D eigenvalue weighted by molar-refractivity contribution is -0.121. The van der Waals surface area contributed by atoms with Crippen LogP contribution < -0.4 is 10.6 Å². The van der Waals surface area contributed by atoms with Crippen LogP contribution in [0.1, 0.15) is 36.5 Å². The van der Waals surface area contributed by atoms with Crippen molar-refractivity contribution in [2.45, 2.75) is 32.9 Å². The topological polar surface area (TPSA) is 87.5 Å². The Labute approximate surface area is 177 Å². The SMILES string of the molecule is CC(C)NC(=O)CCN(Cc1ccco1)C(=O)c1csc(Nc2ccc(F)cc2)n1. The molecule has 0 aliphatic carbocycles. The number of aromatic nitrogens is 1. The molecule has 0 aliphatic heterocycles. The van der Waals surface area contributed by atoms with Gasteiger partial charge in [0.2, 0.25) is 5.91 Å². The smallest absolute Gasteiger partial charge is 0.273 e. The fraction of sp³-hybridized carbons (Fsp3) is 0.286. The molecule has 3 aromatic rings. The van der Waals surface area contributed by atoms with Gasteiger partial charge in [-0.1, -0.05) is 0 Å². The molecule has 7 nitrogen and oxygen atoms in total. The highest BCUT2D eigenvalue weighted by Crippen LogP contribution is 2.22. The minimum absolute atomic E-state index is 0.0327. The highest BCUT2D eigenvalue weighted by atomic mass is 32.1. The molecule has 0 radical (unpaired) electrons. The van der Waals surface area contributed by atoms with Crippen LogP contribution in [-0.4, -0.2) is 34.3 Å². The molecular weight excluding hydrogens is 407 g/mol. The van der Waals surface area contributed by atoms with Gasteiger partial charge in [0.1, 0.15) is 17.3 Å². The molecule has 3 rings (SSSR count). The molecule has 1 aromatic carbocycles. The molecule has 0 atom stereocenters. The number of halogens is 1. The van der Waals surface area contributed by atoms with E-state index in [0.29, 0.717) is 16.6 Å². The zero-order valence-corrected chi connectivity index (χ0v) is 17.5. The lowest BCUT2D eigenvalue weighted by atomic mass is 10.2. The Balaban J connectivity index is 1.69. The van der Waals surface area contributed by atoms with E-state index >= 15 is 0 Å². The Hall–Kier alpha value is -3.20. The van der Waals surface area contributed by atoms with Crippen LogP contribution in [0.3, 0.4) is 0 Å². The molecule has 158 valence electrons. The highest BCUT2D eigenvalue weighted by Gasteiger charge is 2.21. The number of rotatable bonds is 9. The van der Waals surface area contributed by atoms with Gasteiger partial charge in [0.15, 0.2) is 5.13 Å². The average Bonchev–Trinajstić information content (AvgIpc) is 3.38. The van der Waals surface area contributed by atoms with Gasteiger partial charge in [-0.05, 0) is 50.2 Å². The van der Waals surface area contributed by atoms with Crippen LogP contribution >= 0.6 is 11.3 Å². The fourth-order valence-corrected chi connectivity index (χ4v) is 3.43. The Bertz CT molecular complexity index is 971. The maximum absolute atomic E-state index is 13.1. The van der Waals surface area contributed by atoms with Gasteiger partial charge in [-0.3, -0.25) is 9.59 Å². The van der Waals surface area contributed by atoms with Crippen molar-refractivity contribution in [3.8, 4) is 0 Å². The first kappa shape index (κ1) is 21.5. The first-order valence-electron chi connectivity index (χ1n) is 9.50. The van der Waals surface area contributed by atoms with E-state index in [-0.39, 0.29) is 48.9 Å². The fourth-order valence-electron chi connectivity index (χ4n) is 2.72. The van der Waals surface area contributed by atoms with Crippen molar-refractivity contribution < 1.29 is 18.4 Å². The van der Waals surface area contributed by atoms with Gasteiger partial charge in [-0.2, -0.15) is 0 Å². The van der Waals surface area contributed by atoms with Crippen molar-refractivity contribution in [1.82, 2.24) is 15.2 Å². The number of nitrogens with zero attached hydrogens (tertiary/aromatic N) is 2. The molecule has 0 fully saturated rings. The van der Waals surface area contributed by atoms with Gasteiger partial charge < -0.3 is 20.0 Å². The molecule has 9 heteroatoms. The summed E-state index contributed by atoms with van der Waals surface area (Å²) in [7, 11) is 0. The molecule has 0 saturated heterocycles. The van der Waals surface area contributed by atoms with Crippen molar-refractivity contribution in [3.05, 3.63) is 65.3 Å². The Morgan fingerprint density at radius 3 is 2.67 bits per heavy atom. The molecule has 2 aromatic heterocycles. The van der Waals surface area contributed by atoms with E-state index < -0.39 is 0 Å². The third-order valence-corrected chi connectivity index (χ3v) is 4.85. The summed E-state index contributed by atoms with van der Waals surface area (Å²) < 4.78 is 18.4. The summed E-state index contributed by atoms with van der Waals surface area (Å²) in [6.07, 6.45) is 1.71. The van der Waals surface area contributed by atoms with E-state index in [9.17, 15) is 14.0 Å². The lowest BCUT2D eigenvalue weighted by Gasteiger charge is -2.21. The van der Waals surface area contributed by atoms with Crippen LogP contribution in [0.25, 0.3) is 0 Å². The molecule has 2 N–H and O–H groups in total. The van der Waals surface area contributed by atoms with E-state index in [1.54, 1.807) is 29.6 Å². The van der Waals surface area contributed by atoms with E-state index in [1.165, 1.54) is 34.6 Å². The summed E-state index contributed by atoms with van der Waals surface area (Å²) >= 11 is 1.27. The highest BCUT2D eigenvalue weighted by molar-refractivity contribution is 7.14. The van der Waals surface area contributed by atoms with Gasteiger partial charge in [-0.15, -0.1) is 11.3 Å². The predicted octanol–water partition coefficient (Wildman–Crippen LogP) is 4.18. The van der Waals surface area contributed by atoms with Gasteiger partial charge in [-0.25, -0.2) is 9.37 Å². The summed E-state index contributed by atoms with van der Waals surface area (Å²) in [6, 6.07) is 9.42. The molecule has 30 heavy (non-hydrogen) atoms. The van der Waals surface area contributed by atoms with E-state index in [2.05, 4.69) is 15.6 Å². The van der Waals surface area contributed by atoms with Crippen LogP contribution in [0.4, 0.5) is 15.2 Å². The zero-order valence-electron chi connectivity index (χ0n) is 16.7. The summed E-state index contributed by atoms with van der Waals surface area (Å²) in [5.41, 5.74) is 0.933. The number of anilines is 2. The number of carbonyl (C=O) groups excluding carboxylic acids is 2. The van der Waals surface area contributed by atoms with Crippen molar-refractivity contribution in [2.75, 3.05) is 11.9 Å². The first-order chi connectivity index (χ1) is 14.4. The number of amides is 2.